The molecule has 6 nitrogen and oxygen atoms in total. The van der Waals surface area contributed by atoms with Crippen molar-refractivity contribution in [3.8, 4) is 0 Å². The van der Waals surface area contributed by atoms with Crippen molar-refractivity contribution in [1.29, 1.82) is 0 Å². The molecule has 1 saturated heterocycles. The summed E-state index contributed by atoms with van der Waals surface area (Å²) in [7, 11) is 0. The van der Waals surface area contributed by atoms with Crippen molar-refractivity contribution in [2.75, 3.05) is 13.1 Å². The molecule has 1 aliphatic carbocycles. The van der Waals surface area contributed by atoms with Crippen molar-refractivity contribution < 1.29 is 9.90 Å². The van der Waals surface area contributed by atoms with Crippen LogP contribution in [0.2, 0.25) is 0 Å². The zero-order valence-electron chi connectivity index (χ0n) is 16.7. The number of nitrogens with zero attached hydrogens (tertiary/aromatic N) is 3. The Balaban J connectivity index is 1.59. The lowest BCUT2D eigenvalue weighted by Crippen LogP contribution is -2.60. The summed E-state index contributed by atoms with van der Waals surface area (Å²) in [5.41, 5.74) is -1.74. The van der Waals surface area contributed by atoms with Gasteiger partial charge in [-0.3, -0.25) is 14.6 Å². The first-order valence-corrected chi connectivity index (χ1v) is 10.3. The van der Waals surface area contributed by atoms with E-state index in [0.29, 0.717) is 31.8 Å². The third-order valence-corrected chi connectivity index (χ3v) is 6.72. The molecule has 0 aromatic carbocycles. The Morgan fingerprint density at radius 3 is 2.70 bits per heavy atom. The van der Waals surface area contributed by atoms with E-state index in [1.807, 2.05) is 18.7 Å². The lowest BCUT2D eigenvalue weighted by molar-refractivity contribution is -0.154. The average Bonchev–Trinajstić information content (AvgIpc) is 2.65. The molecule has 3 rings (SSSR count). The maximum absolute atomic E-state index is 12.7. The molecule has 1 aromatic rings. The number of carbonyl (C=O) groups excluding carboxylic acids is 1. The van der Waals surface area contributed by atoms with Gasteiger partial charge in [-0.1, -0.05) is 46.0 Å². The molecule has 150 valence electrons. The minimum absolute atomic E-state index is 0.205. The molecule has 1 aromatic heterocycles. The Kier molecular flexibility index (Phi) is 6.04. The van der Waals surface area contributed by atoms with Gasteiger partial charge in [0, 0.05) is 37.3 Å². The van der Waals surface area contributed by atoms with E-state index in [-0.39, 0.29) is 18.0 Å². The third-order valence-electron chi connectivity index (χ3n) is 6.72. The van der Waals surface area contributed by atoms with E-state index in [2.05, 4.69) is 4.98 Å². The van der Waals surface area contributed by atoms with Crippen LogP contribution in [0.4, 0.5) is 0 Å². The minimum atomic E-state index is -1.03. The fraction of sp³-hybridized carbons (Fsp3) is 0.762. The molecule has 2 aliphatic rings. The molecule has 6 heteroatoms. The Morgan fingerprint density at radius 2 is 2.04 bits per heavy atom. The van der Waals surface area contributed by atoms with E-state index in [9.17, 15) is 14.7 Å². The van der Waals surface area contributed by atoms with Crippen LogP contribution in [0.3, 0.4) is 0 Å². The molecule has 27 heavy (non-hydrogen) atoms. The van der Waals surface area contributed by atoms with E-state index >= 15 is 0 Å². The molecule has 0 spiro atoms. The van der Waals surface area contributed by atoms with Crippen LogP contribution in [0.25, 0.3) is 0 Å². The van der Waals surface area contributed by atoms with Gasteiger partial charge in [0.25, 0.3) is 5.56 Å². The summed E-state index contributed by atoms with van der Waals surface area (Å²) in [6.45, 7) is 5.27. The van der Waals surface area contributed by atoms with E-state index in [4.69, 9.17) is 0 Å². The first-order valence-electron chi connectivity index (χ1n) is 10.3. The number of aliphatic hydroxyl groups is 1. The molecule has 1 saturated carbocycles. The maximum Gasteiger partial charge on any atom is 0.269 e. The lowest BCUT2D eigenvalue weighted by atomic mass is 9.69. The summed E-state index contributed by atoms with van der Waals surface area (Å²) < 4.78 is 1.51. The molecule has 1 aliphatic heterocycles. The Morgan fingerprint density at radius 1 is 1.30 bits per heavy atom. The van der Waals surface area contributed by atoms with Gasteiger partial charge in [0.2, 0.25) is 5.91 Å². The molecule has 0 bridgehead atoms. The number of carbonyl (C=O) groups is 1. The topological polar surface area (TPSA) is 75.4 Å². The van der Waals surface area contributed by atoms with E-state index in [1.165, 1.54) is 42.9 Å². The third kappa shape index (κ3) is 4.60. The van der Waals surface area contributed by atoms with Gasteiger partial charge < -0.3 is 14.6 Å². The van der Waals surface area contributed by atoms with Crippen molar-refractivity contribution in [1.82, 2.24) is 14.5 Å². The van der Waals surface area contributed by atoms with Gasteiger partial charge in [0.05, 0.1) is 18.3 Å². The highest BCUT2D eigenvalue weighted by Crippen LogP contribution is 2.40. The van der Waals surface area contributed by atoms with Crippen LogP contribution < -0.4 is 5.56 Å². The van der Waals surface area contributed by atoms with Crippen LogP contribution >= 0.6 is 0 Å². The molecular weight excluding hydrogens is 342 g/mol. The quantitative estimate of drug-likeness (QED) is 0.858. The number of piperidine rings is 1. The first kappa shape index (κ1) is 20.1. The van der Waals surface area contributed by atoms with Gasteiger partial charge >= 0.3 is 0 Å². The van der Waals surface area contributed by atoms with E-state index in [1.54, 1.807) is 12.4 Å². The van der Waals surface area contributed by atoms with Crippen LogP contribution in [0.5, 0.6) is 0 Å². The lowest BCUT2D eigenvalue weighted by Gasteiger charge is -2.50. The number of hydrogen-bond donors (Lipinski definition) is 1. The van der Waals surface area contributed by atoms with Crippen LogP contribution in [0.15, 0.2) is 23.4 Å². The van der Waals surface area contributed by atoms with Crippen LogP contribution in [-0.4, -0.2) is 44.2 Å². The molecule has 2 heterocycles. The summed E-state index contributed by atoms with van der Waals surface area (Å²) >= 11 is 0. The highest BCUT2D eigenvalue weighted by atomic mass is 16.3. The largest absolute Gasteiger partial charge is 0.387 e. The molecule has 1 amide bonds. The minimum Gasteiger partial charge on any atom is -0.387 e. The number of likely N-dealkylation sites (tertiary alicyclic amines) is 1. The summed E-state index contributed by atoms with van der Waals surface area (Å²) in [5.74, 6) is 0.910. The second-order valence-electron chi connectivity index (χ2n) is 9.07. The number of rotatable bonds is 5. The maximum atomic E-state index is 12.7. The van der Waals surface area contributed by atoms with Crippen molar-refractivity contribution >= 4 is 5.91 Å². The monoisotopic (exact) mass is 375 g/mol. The van der Waals surface area contributed by atoms with Gasteiger partial charge in [0.15, 0.2) is 0 Å². The van der Waals surface area contributed by atoms with Crippen molar-refractivity contribution in [2.45, 2.75) is 77.4 Å². The van der Waals surface area contributed by atoms with Crippen molar-refractivity contribution in [3.63, 3.8) is 0 Å². The SMILES string of the molecule is CC1(C)CN(C(=O)CCC2CCCCC2)CCC1(O)Cn1ccncc1=O. The first-order chi connectivity index (χ1) is 12.8. The van der Waals surface area contributed by atoms with E-state index < -0.39 is 11.0 Å². The molecule has 1 unspecified atom stereocenters. The predicted molar refractivity (Wildman–Crippen MR) is 104 cm³/mol. The fourth-order valence-electron chi connectivity index (χ4n) is 4.61. The summed E-state index contributed by atoms with van der Waals surface area (Å²) in [4.78, 5) is 30.4. The number of amides is 1. The normalized spacial score (nSPS) is 26.1. The molecule has 1 N–H and O–H groups in total. The molecule has 0 radical (unpaired) electrons. The molecular formula is C21H33N3O3. The number of hydrogen-bond acceptors (Lipinski definition) is 4. The summed E-state index contributed by atoms with van der Waals surface area (Å²) in [5, 5.41) is 11.3. The van der Waals surface area contributed by atoms with E-state index in [0.717, 1.165) is 6.42 Å². The number of aromatic nitrogens is 2. The Labute approximate surface area is 161 Å². The zero-order valence-corrected chi connectivity index (χ0v) is 16.7. The van der Waals surface area contributed by atoms with Crippen LogP contribution in [0, 0.1) is 11.3 Å². The Hall–Kier alpha value is -1.69. The summed E-state index contributed by atoms with van der Waals surface area (Å²) in [6.07, 6.45) is 13.0. The smallest absolute Gasteiger partial charge is 0.269 e. The van der Waals surface area contributed by atoms with Crippen molar-refractivity contribution in [2.24, 2.45) is 11.3 Å². The standard InChI is InChI=1S/C21H33N3O3/c1-20(2)15-23(18(25)9-8-17-6-4-3-5-7-17)12-10-21(20,27)16-24-13-11-22-14-19(24)26/h11,13-14,17,27H,3-10,12,15-16H2,1-2H3. The van der Waals surface area contributed by atoms with Crippen LogP contribution in [-0.2, 0) is 11.3 Å². The highest BCUT2D eigenvalue weighted by Gasteiger charge is 2.48. The van der Waals surface area contributed by atoms with Gasteiger partial charge in [-0.2, -0.15) is 0 Å². The predicted octanol–water partition coefficient (Wildman–Crippen LogP) is 2.59. The second kappa shape index (κ2) is 8.13. The van der Waals surface area contributed by atoms with Gasteiger partial charge in [-0.25, -0.2) is 0 Å². The van der Waals surface area contributed by atoms with Gasteiger partial charge in [0.1, 0.15) is 0 Å². The van der Waals surface area contributed by atoms with Gasteiger partial charge in [-0.15, -0.1) is 0 Å². The summed E-state index contributed by atoms with van der Waals surface area (Å²) in [6, 6.07) is 0. The van der Waals surface area contributed by atoms with Crippen LogP contribution in [0.1, 0.15) is 65.2 Å². The highest BCUT2D eigenvalue weighted by molar-refractivity contribution is 5.76. The molecule has 1 atom stereocenters. The zero-order chi connectivity index (χ0) is 19.5. The van der Waals surface area contributed by atoms with Crippen molar-refractivity contribution in [3.05, 3.63) is 28.9 Å². The molecule has 2 fully saturated rings. The second-order valence-corrected chi connectivity index (χ2v) is 9.07. The average molecular weight is 376 g/mol. The van der Waals surface area contributed by atoms with Gasteiger partial charge in [-0.05, 0) is 18.8 Å². The Bertz CT molecular complexity index is 709. The fourth-order valence-corrected chi connectivity index (χ4v) is 4.61.